The largest absolute Gasteiger partial charge is 0.389 e. The first-order valence-corrected chi connectivity index (χ1v) is 8.32. The van der Waals surface area contributed by atoms with Crippen LogP contribution in [0.15, 0.2) is 27.6 Å². The fraction of sp³-hybridized carbons (Fsp3) is 0.571. The van der Waals surface area contributed by atoms with Crippen molar-refractivity contribution < 1.29 is 5.11 Å². The molecule has 2 N–H and O–H groups in total. The molecule has 1 saturated carbocycles. The highest BCUT2D eigenvalue weighted by molar-refractivity contribution is 9.10. The minimum absolute atomic E-state index is 0.392. The minimum Gasteiger partial charge on any atom is -0.389 e. The van der Waals surface area contributed by atoms with E-state index in [1.54, 1.807) is 0 Å². The second kappa shape index (κ2) is 5.16. The Labute approximate surface area is 121 Å². The summed E-state index contributed by atoms with van der Waals surface area (Å²) < 4.78 is 1.14. The van der Waals surface area contributed by atoms with Gasteiger partial charge in [0.2, 0.25) is 0 Å². The standard InChI is InChI=1S/C14H18BrNOS/c15-10-2-3-13-11(8-10)12(4-7-18-13)16-9-14(17)5-1-6-14/h2-3,8,12,16-17H,1,4-7,9H2. The number of halogens is 1. The van der Waals surface area contributed by atoms with Gasteiger partial charge >= 0.3 is 0 Å². The molecule has 1 aliphatic carbocycles. The average molecular weight is 328 g/mol. The van der Waals surface area contributed by atoms with Gasteiger partial charge in [0.1, 0.15) is 0 Å². The Balaban J connectivity index is 1.72. The summed E-state index contributed by atoms with van der Waals surface area (Å²) in [5.74, 6) is 1.16. The minimum atomic E-state index is -0.434. The van der Waals surface area contributed by atoms with Crippen LogP contribution in [0.25, 0.3) is 0 Å². The second-order valence-corrected chi connectivity index (χ2v) is 7.38. The van der Waals surface area contributed by atoms with Crippen LogP contribution in [0.1, 0.15) is 37.3 Å². The lowest BCUT2D eigenvalue weighted by atomic mass is 9.80. The average Bonchev–Trinajstić information content (AvgIpc) is 2.34. The van der Waals surface area contributed by atoms with Gasteiger partial charge in [-0.25, -0.2) is 0 Å². The van der Waals surface area contributed by atoms with Crippen molar-refractivity contribution >= 4 is 27.7 Å². The Morgan fingerprint density at radius 3 is 3.00 bits per heavy atom. The summed E-state index contributed by atoms with van der Waals surface area (Å²) in [4.78, 5) is 1.38. The summed E-state index contributed by atoms with van der Waals surface area (Å²) in [6.07, 6.45) is 4.21. The second-order valence-electron chi connectivity index (χ2n) is 5.33. The third-order valence-electron chi connectivity index (χ3n) is 3.97. The van der Waals surface area contributed by atoms with Gasteiger partial charge < -0.3 is 10.4 Å². The number of benzene rings is 1. The van der Waals surface area contributed by atoms with Crippen molar-refractivity contribution in [2.75, 3.05) is 12.3 Å². The van der Waals surface area contributed by atoms with Gasteiger partial charge in [-0.15, -0.1) is 11.8 Å². The van der Waals surface area contributed by atoms with Crippen LogP contribution in [0.2, 0.25) is 0 Å². The summed E-state index contributed by atoms with van der Waals surface area (Å²) in [5.41, 5.74) is 0.945. The number of thioether (sulfide) groups is 1. The molecule has 0 spiro atoms. The summed E-state index contributed by atoms with van der Waals surface area (Å²) in [5, 5.41) is 13.7. The number of hydrogen-bond donors (Lipinski definition) is 2. The maximum absolute atomic E-state index is 10.2. The Hall–Kier alpha value is -0.0300. The van der Waals surface area contributed by atoms with Gasteiger partial charge in [0, 0.05) is 22.0 Å². The van der Waals surface area contributed by atoms with Crippen LogP contribution in [-0.2, 0) is 0 Å². The quantitative estimate of drug-likeness (QED) is 0.891. The number of hydrogen-bond acceptors (Lipinski definition) is 3. The van der Waals surface area contributed by atoms with Gasteiger partial charge in [-0.2, -0.15) is 0 Å². The van der Waals surface area contributed by atoms with Gasteiger partial charge in [0.05, 0.1) is 5.60 Å². The predicted molar refractivity (Wildman–Crippen MR) is 79.0 cm³/mol. The van der Waals surface area contributed by atoms with Crippen LogP contribution in [-0.4, -0.2) is 23.0 Å². The van der Waals surface area contributed by atoms with E-state index in [2.05, 4.69) is 39.4 Å². The summed E-state index contributed by atoms with van der Waals surface area (Å²) in [6, 6.07) is 6.90. The van der Waals surface area contributed by atoms with E-state index in [4.69, 9.17) is 0 Å². The molecule has 1 atom stereocenters. The molecule has 1 fully saturated rings. The molecule has 0 amide bonds. The van der Waals surface area contributed by atoms with E-state index in [1.165, 1.54) is 16.9 Å². The number of rotatable bonds is 3. The lowest BCUT2D eigenvalue weighted by Crippen LogP contribution is -2.47. The number of aliphatic hydroxyl groups is 1. The van der Waals surface area contributed by atoms with Crippen molar-refractivity contribution in [1.29, 1.82) is 0 Å². The van der Waals surface area contributed by atoms with Crippen LogP contribution in [0.5, 0.6) is 0 Å². The van der Waals surface area contributed by atoms with E-state index < -0.39 is 5.60 Å². The summed E-state index contributed by atoms with van der Waals surface area (Å²) >= 11 is 5.48. The van der Waals surface area contributed by atoms with Crippen molar-refractivity contribution in [1.82, 2.24) is 5.32 Å². The van der Waals surface area contributed by atoms with Crippen LogP contribution < -0.4 is 5.32 Å². The molecular formula is C14H18BrNOS. The van der Waals surface area contributed by atoms with Crippen molar-refractivity contribution in [2.45, 2.75) is 42.2 Å². The Morgan fingerprint density at radius 1 is 1.44 bits per heavy atom. The molecule has 2 nitrogen and oxygen atoms in total. The van der Waals surface area contributed by atoms with Gasteiger partial charge in [0.15, 0.2) is 0 Å². The fourth-order valence-electron chi connectivity index (χ4n) is 2.65. The molecule has 0 aromatic heterocycles. The third kappa shape index (κ3) is 2.62. The molecule has 1 aromatic rings. The molecule has 0 bridgehead atoms. The first kappa shape index (κ1) is 13.0. The Bertz CT molecular complexity index is 447. The zero-order chi connectivity index (χ0) is 12.6. The van der Waals surface area contributed by atoms with E-state index in [1.807, 2.05) is 11.8 Å². The highest BCUT2D eigenvalue weighted by atomic mass is 79.9. The number of fused-ring (bicyclic) bond motifs is 1. The highest BCUT2D eigenvalue weighted by Crippen LogP contribution is 2.38. The highest BCUT2D eigenvalue weighted by Gasteiger charge is 2.35. The maximum Gasteiger partial charge on any atom is 0.0771 e. The molecule has 98 valence electrons. The molecule has 0 radical (unpaired) electrons. The van der Waals surface area contributed by atoms with Crippen LogP contribution in [0, 0.1) is 0 Å². The van der Waals surface area contributed by atoms with Crippen molar-refractivity contribution in [3.63, 3.8) is 0 Å². The molecule has 1 unspecified atom stereocenters. The SMILES string of the molecule is OC1(CNC2CCSc3ccc(Br)cc32)CCC1. The molecule has 3 rings (SSSR count). The van der Waals surface area contributed by atoms with Crippen LogP contribution in [0.4, 0.5) is 0 Å². The van der Waals surface area contributed by atoms with E-state index in [0.717, 1.165) is 36.0 Å². The van der Waals surface area contributed by atoms with Crippen LogP contribution >= 0.6 is 27.7 Å². The van der Waals surface area contributed by atoms with Crippen molar-refractivity contribution in [3.05, 3.63) is 28.2 Å². The lowest BCUT2D eigenvalue weighted by molar-refractivity contribution is -0.0334. The van der Waals surface area contributed by atoms with E-state index in [0.29, 0.717) is 6.04 Å². The molecule has 2 aliphatic rings. The molecule has 1 heterocycles. The molecule has 18 heavy (non-hydrogen) atoms. The number of nitrogens with one attached hydrogen (secondary N) is 1. The predicted octanol–water partition coefficient (Wildman–Crippen LogP) is 3.49. The van der Waals surface area contributed by atoms with Crippen molar-refractivity contribution in [2.24, 2.45) is 0 Å². The monoisotopic (exact) mass is 327 g/mol. The first-order valence-electron chi connectivity index (χ1n) is 6.54. The zero-order valence-corrected chi connectivity index (χ0v) is 12.7. The molecule has 1 aliphatic heterocycles. The third-order valence-corrected chi connectivity index (χ3v) is 5.59. The molecule has 1 aromatic carbocycles. The van der Waals surface area contributed by atoms with Crippen molar-refractivity contribution in [3.8, 4) is 0 Å². The van der Waals surface area contributed by atoms with Gasteiger partial charge in [-0.1, -0.05) is 15.9 Å². The maximum atomic E-state index is 10.2. The lowest BCUT2D eigenvalue weighted by Gasteiger charge is -2.38. The topological polar surface area (TPSA) is 32.3 Å². The van der Waals surface area contributed by atoms with Gasteiger partial charge in [-0.3, -0.25) is 0 Å². The van der Waals surface area contributed by atoms with E-state index >= 15 is 0 Å². The van der Waals surface area contributed by atoms with E-state index in [-0.39, 0.29) is 0 Å². The van der Waals surface area contributed by atoms with Gasteiger partial charge in [-0.05, 0) is 55.2 Å². The van der Waals surface area contributed by atoms with Crippen LogP contribution in [0.3, 0.4) is 0 Å². The van der Waals surface area contributed by atoms with E-state index in [9.17, 15) is 5.11 Å². The normalized spacial score (nSPS) is 25.3. The van der Waals surface area contributed by atoms with Gasteiger partial charge in [0.25, 0.3) is 0 Å². The molecule has 4 heteroatoms. The Kier molecular flexibility index (Phi) is 3.72. The molecule has 0 saturated heterocycles. The summed E-state index contributed by atoms with van der Waals surface area (Å²) in [6.45, 7) is 0.730. The zero-order valence-electron chi connectivity index (χ0n) is 10.3. The summed E-state index contributed by atoms with van der Waals surface area (Å²) in [7, 11) is 0. The Morgan fingerprint density at radius 2 is 2.28 bits per heavy atom. The smallest absolute Gasteiger partial charge is 0.0771 e. The fourth-order valence-corrected chi connectivity index (χ4v) is 4.14. The first-order chi connectivity index (χ1) is 8.66. The molecular weight excluding hydrogens is 310 g/mol.